The first kappa shape index (κ1) is 24.6. The zero-order valence-electron chi connectivity index (χ0n) is 19.2. The largest absolute Gasteiger partial charge is 0.486 e. The highest BCUT2D eigenvalue weighted by atomic mass is 32.2. The van der Waals surface area contributed by atoms with Crippen LogP contribution in [0.5, 0.6) is 11.5 Å². The zero-order valence-corrected chi connectivity index (χ0v) is 20.0. The number of methoxy groups -OCH3 is 1. The van der Waals surface area contributed by atoms with Crippen molar-refractivity contribution in [3.05, 3.63) is 58.9 Å². The number of fused-ring (bicyclic) bond motifs is 2. The van der Waals surface area contributed by atoms with Gasteiger partial charge in [-0.15, -0.1) is 0 Å². The van der Waals surface area contributed by atoms with Crippen molar-refractivity contribution in [1.82, 2.24) is 20.2 Å². The highest BCUT2D eigenvalue weighted by Crippen LogP contribution is 2.30. The quantitative estimate of drug-likeness (QED) is 0.262. The summed E-state index contributed by atoms with van der Waals surface area (Å²) in [5.41, 5.74) is 0.376. The van der Waals surface area contributed by atoms with Crippen LogP contribution in [0.15, 0.2) is 58.5 Å². The number of hydrogen-bond acceptors (Lipinski definition) is 8. The fraction of sp³-hybridized carbons (Fsp3) is 0.333. The molecule has 0 fully saturated rings. The van der Waals surface area contributed by atoms with E-state index in [0.29, 0.717) is 47.1 Å². The van der Waals surface area contributed by atoms with Crippen molar-refractivity contribution < 1.29 is 23.8 Å². The predicted octanol–water partition coefficient (Wildman–Crippen LogP) is 2.19. The molecule has 0 spiro atoms. The number of amides is 3. The third-order valence-electron chi connectivity index (χ3n) is 5.20. The molecule has 2 N–H and O–H groups in total. The van der Waals surface area contributed by atoms with Crippen LogP contribution in [0.4, 0.5) is 4.79 Å². The highest BCUT2D eigenvalue weighted by molar-refractivity contribution is 7.99. The molecule has 1 aliphatic rings. The molecule has 1 aliphatic heterocycles. The molecular weight excluding hydrogens is 472 g/mol. The molecule has 1 atom stereocenters. The van der Waals surface area contributed by atoms with Crippen molar-refractivity contribution in [1.29, 1.82) is 0 Å². The molecule has 184 valence electrons. The smallest absolute Gasteiger partial charge is 0.321 e. The van der Waals surface area contributed by atoms with Gasteiger partial charge >= 0.3 is 6.03 Å². The predicted molar refractivity (Wildman–Crippen MR) is 131 cm³/mol. The molecule has 11 heteroatoms. The maximum absolute atomic E-state index is 13.0. The zero-order chi connectivity index (χ0) is 24.6. The third kappa shape index (κ3) is 6.31. The third-order valence-corrected chi connectivity index (χ3v) is 6.18. The number of carbonyl (C=O) groups excluding carboxylic acids is 2. The minimum Gasteiger partial charge on any atom is -0.486 e. The molecule has 35 heavy (non-hydrogen) atoms. The number of benzene rings is 2. The molecule has 0 bridgehead atoms. The molecule has 0 aliphatic carbocycles. The number of hydrogen-bond donors (Lipinski definition) is 2. The number of nitrogens with zero attached hydrogens (tertiary/aromatic N) is 2. The molecule has 3 aromatic rings. The van der Waals surface area contributed by atoms with E-state index in [9.17, 15) is 14.4 Å². The van der Waals surface area contributed by atoms with Crippen LogP contribution in [0, 0.1) is 0 Å². The Hall–Kier alpha value is -3.57. The Morgan fingerprint density at radius 2 is 1.94 bits per heavy atom. The van der Waals surface area contributed by atoms with Gasteiger partial charge in [-0.3, -0.25) is 19.5 Å². The molecule has 10 nitrogen and oxygen atoms in total. The van der Waals surface area contributed by atoms with E-state index in [1.54, 1.807) is 37.4 Å². The van der Waals surface area contributed by atoms with Crippen LogP contribution in [-0.2, 0) is 16.1 Å². The molecule has 0 saturated heterocycles. The Morgan fingerprint density at radius 1 is 1.17 bits per heavy atom. The number of nitrogens with one attached hydrogen (secondary N) is 2. The van der Waals surface area contributed by atoms with Crippen LogP contribution in [0.2, 0.25) is 0 Å². The number of para-hydroxylation sites is 3. The Bertz CT molecular complexity index is 1260. The van der Waals surface area contributed by atoms with Crippen LogP contribution in [0.1, 0.15) is 6.42 Å². The van der Waals surface area contributed by atoms with Gasteiger partial charge in [0.05, 0.1) is 23.2 Å². The van der Waals surface area contributed by atoms with Gasteiger partial charge in [0.25, 0.3) is 5.56 Å². The van der Waals surface area contributed by atoms with Gasteiger partial charge in [0, 0.05) is 20.3 Å². The average Bonchev–Trinajstić information content (AvgIpc) is 2.87. The van der Waals surface area contributed by atoms with Gasteiger partial charge in [-0.1, -0.05) is 36.0 Å². The van der Waals surface area contributed by atoms with Crippen LogP contribution in [0.3, 0.4) is 0 Å². The standard InChI is InChI=1S/C24H26N4O6S/c1-32-12-6-11-28-22(30)17-7-2-3-8-18(17)26-24(28)35-15-21(29)27-23(31)25-13-16-14-33-19-9-4-5-10-20(19)34-16/h2-5,7-10,16H,6,11-15H2,1H3,(H2,25,27,29,31). The van der Waals surface area contributed by atoms with E-state index in [0.717, 1.165) is 11.8 Å². The van der Waals surface area contributed by atoms with Gasteiger partial charge in [0.1, 0.15) is 6.61 Å². The maximum atomic E-state index is 13.0. The second-order valence-corrected chi connectivity index (χ2v) is 8.70. The van der Waals surface area contributed by atoms with E-state index >= 15 is 0 Å². The number of aromatic nitrogens is 2. The summed E-state index contributed by atoms with van der Waals surface area (Å²) in [7, 11) is 1.60. The lowest BCUT2D eigenvalue weighted by Gasteiger charge is -2.26. The van der Waals surface area contributed by atoms with Crippen molar-refractivity contribution in [2.75, 3.05) is 32.6 Å². The highest BCUT2D eigenvalue weighted by Gasteiger charge is 2.21. The number of carbonyl (C=O) groups is 2. The van der Waals surface area contributed by atoms with Gasteiger partial charge in [-0.25, -0.2) is 9.78 Å². The summed E-state index contributed by atoms with van der Waals surface area (Å²) in [6.07, 6.45) is 0.249. The van der Waals surface area contributed by atoms with Gasteiger partial charge < -0.3 is 19.5 Å². The van der Waals surface area contributed by atoms with E-state index in [4.69, 9.17) is 14.2 Å². The van der Waals surface area contributed by atoms with Crippen molar-refractivity contribution in [2.45, 2.75) is 24.2 Å². The fourth-order valence-corrected chi connectivity index (χ4v) is 4.35. The molecule has 2 heterocycles. The number of urea groups is 1. The number of rotatable bonds is 9. The fourth-order valence-electron chi connectivity index (χ4n) is 3.53. The molecule has 1 aromatic heterocycles. The lowest BCUT2D eigenvalue weighted by Crippen LogP contribution is -2.46. The Balaban J connectivity index is 1.31. The summed E-state index contributed by atoms with van der Waals surface area (Å²) < 4.78 is 18.0. The molecule has 2 aromatic carbocycles. The Kier molecular flexibility index (Phi) is 8.22. The first-order valence-electron chi connectivity index (χ1n) is 11.1. The van der Waals surface area contributed by atoms with Crippen LogP contribution < -0.4 is 25.7 Å². The lowest BCUT2D eigenvalue weighted by atomic mass is 10.2. The molecule has 3 amide bonds. The maximum Gasteiger partial charge on any atom is 0.321 e. The van der Waals surface area contributed by atoms with Gasteiger partial charge in [-0.2, -0.15) is 0 Å². The topological polar surface area (TPSA) is 121 Å². The average molecular weight is 499 g/mol. The van der Waals surface area contributed by atoms with Crippen molar-refractivity contribution in [2.24, 2.45) is 0 Å². The van der Waals surface area contributed by atoms with E-state index in [1.165, 1.54) is 4.57 Å². The first-order valence-corrected chi connectivity index (χ1v) is 12.1. The van der Waals surface area contributed by atoms with Crippen LogP contribution in [0.25, 0.3) is 10.9 Å². The van der Waals surface area contributed by atoms with Gasteiger partial charge in [-0.05, 0) is 30.7 Å². The van der Waals surface area contributed by atoms with E-state index < -0.39 is 11.9 Å². The summed E-state index contributed by atoms with van der Waals surface area (Å²) in [5, 5.41) is 5.83. The summed E-state index contributed by atoms with van der Waals surface area (Å²) in [6, 6.07) is 13.7. The second kappa shape index (κ2) is 11.7. The number of ether oxygens (including phenoxy) is 3. The number of imide groups is 1. The summed E-state index contributed by atoms with van der Waals surface area (Å²) >= 11 is 1.10. The molecular formula is C24H26N4O6S. The van der Waals surface area contributed by atoms with Crippen LogP contribution >= 0.6 is 11.8 Å². The second-order valence-electron chi connectivity index (χ2n) is 7.76. The van der Waals surface area contributed by atoms with E-state index in [-0.39, 0.29) is 30.6 Å². The van der Waals surface area contributed by atoms with Crippen molar-refractivity contribution >= 4 is 34.6 Å². The number of thioether (sulfide) groups is 1. The summed E-state index contributed by atoms with van der Waals surface area (Å²) in [5.74, 6) is 0.671. The Morgan fingerprint density at radius 3 is 2.77 bits per heavy atom. The normalized spacial score (nSPS) is 14.5. The summed E-state index contributed by atoms with van der Waals surface area (Å²) in [6.45, 7) is 1.36. The van der Waals surface area contributed by atoms with Gasteiger partial charge in [0.2, 0.25) is 5.91 Å². The van der Waals surface area contributed by atoms with Crippen LogP contribution in [-0.4, -0.2) is 60.2 Å². The Labute approximate surface area is 206 Å². The van der Waals surface area contributed by atoms with Gasteiger partial charge in [0.15, 0.2) is 22.8 Å². The lowest BCUT2D eigenvalue weighted by molar-refractivity contribution is -0.117. The first-order chi connectivity index (χ1) is 17.0. The molecule has 0 saturated carbocycles. The van der Waals surface area contributed by atoms with E-state index in [2.05, 4.69) is 15.6 Å². The SMILES string of the molecule is COCCCn1c(SCC(=O)NC(=O)NCC2COc3ccccc3O2)nc2ccccc2c1=O. The minimum atomic E-state index is -0.637. The molecule has 0 radical (unpaired) electrons. The van der Waals surface area contributed by atoms with Crippen molar-refractivity contribution in [3.8, 4) is 11.5 Å². The monoisotopic (exact) mass is 498 g/mol. The van der Waals surface area contributed by atoms with E-state index in [1.807, 2.05) is 18.2 Å². The molecule has 1 unspecified atom stereocenters. The molecule has 4 rings (SSSR count). The summed E-state index contributed by atoms with van der Waals surface area (Å²) in [4.78, 5) is 42.1. The van der Waals surface area contributed by atoms with Crippen molar-refractivity contribution in [3.63, 3.8) is 0 Å². The minimum absolute atomic E-state index is 0.0844.